The van der Waals surface area contributed by atoms with Crippen molar-refractivity contribution in [1.82, 2.24) is 0 Å². The van der Waals surface area contributed by atoms with E-state index in [4.69, 9.17) is 21.1 Å². The highest BCUT2D eigenvalue weighted by Gasteiger charge is 2.31. The minimum absolute atomic E-state index is 0.00707. The van der Waals surface area contributed by atoms with Gasteiger partial charge in [0.15, 0.2) is 0 Å². The average Bonchev–Trinajstić information content (AvgIpc) is 2.88. The molecule has 0 radical (unpaired) electrons. The number of benzene rings is 4. The maximum atomic E-state index is 13.0. The summed E-state index contributed by atoms with van der Waals surface area (Å²) in [5.74, 6) is 0.513. The van der Waals surface area contributed by atoms with Crippen LogP contribution in [0, 0.1) is 0 Å². The third-order valence-corrected chi connectivity index (χ3v) is 5.77. The van der Waals surface area contributed by atoms with Gasteiger partial charge in [-0.3, -0.25) is 4.79 Å². The van der Waals surface area contributed by atoms with Crippen molar-refractivity contribution in [3.63, 3.8) is 0 Å². The third-order valence-electron chi connectivity index (χ3n) is 5.44. The van der Waals surface area contributed by atoms with Crippen LogP contribution in [0.1, 0.15) is 21.5 Å². The highest BCUT2D eigenvalue weighted by Crippen LogP contribution is 2.34. The molecule has 0 bridgehead atoms. The van der Waals surface area contributed by atoms with Gasteiger partial charge in [-0.05, 0) is 59.7 Å². The van der Waals surface area contributed by atoms with E-state index in [9.17, 15) is 18.0 Å². The lowest BCUT2D eigenvalue weighted by Crippen LogP contribution is -2.14. The minimum atomic E-state index is -4.56. The summed E-state index contributed by atoms with van der Waals surface area (Å²) in [7, 11) is 1.50. The first-order chi connectivity index (χ1) is 17.2. The third kappa shape index (κ3) is 5.98. The molecule has 4 rings (SSSR count). The van der Waals surface area contributed by atoms with E-state index in [2.05, 4.69) is 5.32 Å². The summed E-state index contributed by atoms with van der Waals surface area (Å²) in [5, 5.41) is 2.44. The van der Waals surface area contributed by atoms with Gasteiger partial charge in [-0.1, -0.05) is 54.1 Å². The minimum Gasteiger partial charge on any atom is -0.496 e. The lowest BCUT2D eigenvalue weighted by Gasteiger charge is -2.14. The van der Waals surface area contributed by atoms with Gasteiger partial charge in [0.05, 0.1) is 23.4 Å². The second kappa shape index (κ2) is 10.7. The maximum absolute atomic E-state index is 13.0. The molecule has 1 amide bonds. The molecule has 0 fully saturated rings. The van der Waals surface area contributed by atoms with Crippen LogP contribution >= 0.6 is 11.6 Å². The molecule has 0 aliphatic rings. The van der Waals surface area contributed by atoms with E-state index in [1.165, 1.54) is 13.2 Å². The van der Waals surface area contributed by atoms with Crippen molar-refractivity contribution in [2.75, 3.05) is 12.4 Å². The van der Waals surface area contributed by atoms with Gasteiger partial charge in [0.1, 0.15) is 18.1 Å². The fourth-order valence-electron chi connectivity index (χ4n) is 3.56. The summed E-state index contributed by atoms with van der Waals surface area (Å²) in [4.78, 5) is 12.8. The van der Waals surface area contributed by atoms with Gasteiger partial charge in [-0.2, -0.15) is 13.2 Å². The number of hydrogen-bond donors (Lipinski definition) is 1. The lowest BCUT2D eigenvalue weighted by atomic mass is 10.1. The Bertz CT molecular complexity index is 1360. The molecule has 0 saturated heterocycles. The zero-order chi connectivity index (χ0) is 25.7. The highest BCUT2D eigenvalue weighted by atomic mass is 35.5. The Morgan fingerprint density at radius 3 is 2.25 bits per heavy atom. The molecular weight excluding hydrogens is 491 g/mol. The number of ether oxygens (including phenoxy) is 2. The summed E-state index contributed by atoms with van der Waals surface area (Å²) < 4.78 is 50.4. The summed E-state index contributed by atoms with van der Waals surface area (Å²) in [6, 6.07) is 24.9. The van der Waals surface area contributed by atoms with E-state index in [0.29, 0.717) is 17.1 Å². The molecule has 0 unspecified atom stereocenters. The number of carbonyl (C=O) groups is 1. The van der Waals surface area contributed by atoms with Crippen LogP contribution in [0.2, 0.25) is 5.02 Å². The molecular formula is C28H21ClF3NO3. The van der Waals surface area contributed by atoms with Gasteiger partial charge in [0.2, 0.25) is 0 Å². The van der Waals surface area contributed by atoms with Gasteiger partial charge in [-0.25, -0.2) is 0 Å². The smallest absolute Gasteiger partial charge is 0.416 e. The first kappa shape index (κ1) is 25.1. The van der Waals surface area contributed by atoms with Crippen LogP contribution in [0.25, 0.3) is 11.1 Å². The lowest BCUT2D eigenvalue weighted by molar-refractivity contribution is -0.137. The Hall–Kier alpha value is -3.97. The number of methoxy groups -OCH3 is 1. The second-order valence-electron chi connectivity index (χ2n) is 7.85. The summed E-state index contributed by atoms with van der Waals surface area (Å²) >= 11 is 6.00. The molecule has 1 N–H and O–H groups in total. The van der Waals surface area contributed by atoms with Crippen molar-refractivity contribution in [3.8, 4) is 22.6 Å². The molecule has 0 aliphatic carbocycles. The number of anilines is 1. The predicted octanol–water partition coefficient (Wildman–Crippen LogP) is 7.87. The normalized spacial score (nSPS) is 11.1. The van der Waals surface area contributed by atoms with Crippen molar-refractivity contribution in [2.24, 2.45) is 0 Å². The number of alkyl halides is 3. The van der Waals surface area contributed by atoms with E-state index >= 15 is 0 Å². The molecule has 0 saturated carbocycles. The fourth-order valence-corrected chi connectivity index (χ4v) is 3.72. The van der Waals surface area contributed by atoms with Gasteiger partial charge in [0.25, 0.3) is 5.91 Å². The van der Waals surface area contributed by atoms with Crippen molar-refractivity contribution >= 4 is 23.2 Å². The SMILES string of the molecule is COc1ccc(C(=O)Nc2cc(C(F)(F)F)ccc2Cl)cc1COc1ccc(-c2ccccc2)cc1. The summed E-state index contributed by atoms with van der Waals surface area (Å²) in [6.07, 6.45) is -4.56. The van der Waals surface area contributed by atoms with Crippen LogP contribution in [0.15, 0.2) is 91.0 Å². The molecule has 4 aromatic carbocycles. The molecule has 184 valence electrons. The van der Waals surface area contributed by atoms with Crippen molar-refractivity contribution in [1.29, 1.82) is 0 Å². The number of amides is 1. The zero-order valence-electron chi connectivity index (χ0n) is 19.1. The highest BCUT2D eigenvalue weighted by molar-refractivity contribution is 6.34. The van der Waals surface area contributed by atoms with E-state index in [-0.39, 0.29) is 22.9 Å². The summed E-state index contributed by atoms with van der Waals surface area (Å²) in [5.41, 5.74) is 1.89. The second-order valence-corrected chi connectivity index (χ2v) is 8.26. The zero-order valence-corrected chi connectivity index (χ0v) is 19.9. The number of rotatable bonds is 7. The van der Waals surface area contributed by atoms with Crippen LogP contribution in [-0.4, -0.2) is 13.0 Å². The van der Waals surface area contributed by atoms with Crippen LogP contribution in [0.3, 0.4) is 0 Å². The molecule has 0 spiro atoms. The van der Waals surface area contributed by atoms with Gasteiger partial charge >= 0.3 is 6.18 Å². The van der Waals surface area contributed by atoms with Crippen molar-refractivity contribution in [3.05, 3.63) is 113 Å². The molecule has 8 heteroatoms. The van der Waals surface area contributed by atoms with E-state index < -0.39 is 17.6 Å². The molecule has 4 nitrogen and oxygen atoms in total. The average molecular weight is 512 g/mol. The van der Waals surface area contributed by atoms with Gasteiger partial charge in [-0.15, -0.1) is 0 Å². The molecule has 0 aliphatic heterocycles. The number of carbonyl (C=O) groups excluding carboxylic acids is 1. The number of nitrogens with one attached hydrogen (secondary N) is 1. The van der Waals surface area contributed by atoms with Crippen molar-refractivity contribution in [2.45, 2.75) is 12.8 Å². The van der Waals surface area contributed by atoms with E-state index in [0.717, 1.165) is 29.3 Å². The quantitative estimate of drug-likeness (QED) is 0.275. The Kier molecular flexibility index (Phi) is 7.50. The maximum Gasteiger partial charge on any atom is 0.416 e. The van der Waals surface area contributed by atoms with Crippen molar-refractivity contribution < 1.29 is 27.4 Å². The Labute approximate surface area is 211 Å². The molecule has 4 aromatic rings. The van der Waals surface area contributed by atoms with Crippen LogP contribution < -0.4 is 14.8 Å². The molecule has 0 atom stereocenters. The monoisotopic (exact) mass is 511 g/mol. The van der Waals surface area contributed by atoms with Crippen LogP contribution in [0.5, 0.6) is 11.5 Å². The van der Waals surface area contributed by atoms with Gasteiger partial charge < -0.3 is 14.8 Å². The van der Waals surface area contributed by atoms with Crippen LogP contribution in [0.4, 0.5) is 18.9 Å². The van der Waals surface area contributed by atoms with E-state index in [1.807, 2.05) is 54.6 Å². The number of halogens is 4. The Morgan fingerprint density at radius 1 is 0.889 bits per heavy atom. The van der Waals surface area contributed by atoms with E-state index in [1.54, 1.807) is 12.1 Å². The molecule has 0 heterocycles. The fraction of sp³-hybridized carbons (Fsp3) is 0.107. The first-order valence-electron chi connectivity index (χ1n) is 10.9. The van der Waals surface area contributed by atoms with Gasteiger partial charge in [0, 0.05) is 11.1 Å². The topological polar surface area (TPSA) is 47.6 Å². The van der Waals surface area contributed by atoms with Crippen LogP contribution in [-0.2, 0) is 12.8 Å². The molecule has 0 aromatic heterocycles. The Morgan fingerprint density at radius 2 is 1.58 bits per heavy atom. The summed E-state index contributed by atoms with van der Waals surface area (Å²) in [6.45, 7) is 0.110. The first-order valence-corrected chi connectivity index (χ1v) is 11.3. The Balaban J connectivity index is 1.49. The number of hydrogen-bond acceptors (Lipinski definition) is 3. The standard InChI is InChI=1S/C28H21ClF3NO3/c1-35-26-14-9-20(27(34)33-25-16-22(28(30,31)32)10-13-24(25)29)15-21(26)17-36-23-11-7-19(8-12-23)18-5-3-2-4-6-18/h2-16H,17H2,1H3,(H,33,34). The predicted molar refractivity (Wildman–Crippen MR) is 134 cm³/mol. The largest absolute Gasteiger partial charge is 0.496 e. The molecule has 36 heavy (non-hydrogen) atoms.